The second-order valence-electron chi connectivity index (χ2n) is 2.14. The van der Waals surface area contributed by atoms with Gasteiger partial charge in [0, 0.05) is 0 Å². The van der Waals surface area contributed by atoms with Crippen molar-refractivity contribution in [3.8, 4) is 0 Å². The van der Waals surface area contributed by atoms with E-state index in [2.05, 4.69) is 15.0 Å². The molecule has 2 rings (SSSR count). The number of halogens is 3. The highest BCUT2D eigenvalue weighted by atomic mass is 35.5. The number of nitrogens with one attached hydrogen (secondary N) is 1. The van der Waals surface area contributed by atoms with Crippen molar-refractivity contribution in [2.24, 2.45) is 0 Å². The number of aromatic nitrogens is 3. The van der Waals surface area contributed by atoms with Crippen LogP contribution in [0.15, 0.2) is 6.33 Å². The third-order valence-corrected chi connectivity index (χ3v) is 2.49. The predicted octanol–water partition coefficient (Wildman–Crippen LogP) is 2.92. The summed E-state index contributed by atoms with van der Waals surface area (Å²) in [6, 6.07) is 0. The molecule has 62 valence electrons. The molecule has 12 heavy (non-hydrogen) atoms. The summed E-state index contributed by atoms with van der Waals surface area (Å²) in [4.78, 5) is 10.4. The van der Waals surface area contributed by atoms with Crippen LogP contribution in [0, 0.1) is 0 Å². The predicted molar refractivity (Wildman–Crippen MR) is 48.9 cm³/mol. The number of hydrogen-bond acceptors (Lipinski definition) is 2. The van der Waals surface area contributed by atoms with Gasteiger partial charge < -0.3 is 4.98 Å². The zero-order valence-electron chi connectivity index (χ0n) is 5.61. The van der Waals surface area contributed by atoms with E-state index < -0.39 is 0 Å². The molecule has 0 unspecified atom stereocenters. The number of hydrogen-bond donors (Lipinski definition) is 1. The van der Waals surface area contributed by atoms with Crippen LogP contribution >= 0.6 is 34.8 Å². The fraction of sp³-hybridized carbons (Fsp3) is 0. The van der Waals surface area contributed by atoms with Crippen molar-refractivity contribution in [1.29, 1.82) is 0 Å². The average Bonchev–Trinajstić information content (AvgIpc) is 2.29. The van der Waals surface area contributed by atoms with Gasteiger partial charge in [-0.2, -0.15) is 0 Å². The van der Waals surface area contributed by atoms with E-state index in [9.17, 15) is 0 Å². The smallest absolute Gasteiger partial charge is 0.144 e. The highest BCUT2D eigenvalue weighted by molar-refractivity contribution is 6.47. The number of aromatic amines is 1. The fourth-order valence-electron chi connectivity index (χ4n) is 0.922. The van der Waals surface area contributed by atoms with Crippen LogP contribution in [0.1, 0.15) is 0 Å². The molecule has 2 aromatic heterocycles. The van der Waals surface area contributed by atoms with E-state index in [4.69, 9.17) is 34.8 Å². The Hall–Kier alpha value is -0.510. The van der Waals surface area contributed by atoms with Gasteiger partial charge in [0.15, 0.2) is 0 Å². The molecule has 3 nitrogen and oxygen atoms in total. The lowest BCUT2D eigenvalue weighted by atomic mass is 10.4. The highest BCUT2D eigenvalue weighted by Crippen LogP contribution is 2.32. The zero-order chi connectivity index (χ0) is 8.72. The molecule has 0 aliphatic heterocycles. The van der Waals surface area contributed by atoms with Crippen LogP contribution < -0.4 is 0 Å². The molecule has 0 saturated heterocycles. The molecule has 0 aliphatic rings. The molecule has 0 amide bonds. The Kier molecular flexibility index (Phi) is 1.87. The molecule has 0 radical (unpaired) electrons. The highest BCUT2D eigenvalue weighted by Gasteiger charge is 2.11. The molecule has 0 aromatic carbocycles. The first-order valence-electron chi connectivity index (χ1n) is 3.03. The van der Waals surface area contributed by atoms with Crippen molar-refractivity contribution < 1.29 is 0 Å². The van der Waals surface area contributed by atoms with Crippen LogP contribution in [0.4, 0.5) is 0 Å². The Morgan fingerprint density at radius 1 is 1.17 bits per heavy atom. The molecular formula is C6H2Cl3N3. The second kappa shape index (κ2) is 2.76. The number of rotatable bonds is 0. The molecule has 0 saturated carbocycles. The van der Waals surface area contributed by atoms with Gasteiger partial charge in [-0.3, -0.25) is 0 Å². The van der Waals surface area contributed by atoms with E-state index in [1.54, 1.807) is 0 Å². The largest absolute Gasteiger partial charge is 0.329 e. The topological polar surface area (TPSA) is 41.6 Å². The van der Waals surface area contributed by atoms with Crippen LogP contribution in [0.2, 0.25) is 15.3 Å². The monoisotopic (exact) mass is 221 g/mol. The van der Waals surface area contributed by atoms with E-state index in [0.29, 0.717) is 26.4 Å². The van der Waals surface area contributed by atoms with Gasteiger partial charge in [-0.25, -0.2) is 9.97 Å². The number of H-pyrrole nitrogens is 1. The van der Waals surface area contributed by atoms with E-state index in [0.717, 1.165) is 0 Å². The number of nitrogens with zero attached hydrogens (tertiary/aromatic N) is 2. The van der Waals surface area contributed by atoms with Crippen molar-refractivity contribution in [3.05, 3.63) is 21.7 Å². The lowest BCUT2D eigenvalue weighted by Crippen LogP contribution is -1.79. The second-order valence-corrected chi connectivity index (χ2v) is 3.25. The van der Waals surface area contributed by atoms with Crippen molar-refractivity contribution in [2.75, 3.05) is 0 Å². The van der Waals surface area contributed by atoms with Gasteiger partial charge >= 0.3 is 0 Å². The third-order valence-electron chi connectivity index (χ3n) is 1.44. The van der Waals surface area contributed by atoms with Gasteiger partial charge in [-0.15, -0.1) is 0 Å². The van der Waals surface area contributed by atoms with Crippen LogP contribution in [-0.4, -0.2) is 15.0 Å². The summed E-state index contributed by atoms with van der Waals surface area (Å²) in [5.41, 5.74) is 0.546. The fourth-order valence-corrected chi connectivity index (χ4v) is 1.61. The molecule has 0 bridgehead atoms. The standard InChI is InChI=1S/C6H2Cl3N3/c7-3-2-4(8)10-1-11-6(2)12-5(3)9/h1H,(H,10,11,12). The van der Waals surface area contributed by atoms with Crippen LogP contribution in [0.3, 0.4) is 0 Å². The van der Waals surface area contributed by atoms with Gasteiger partial charge in [0.2, 0.25) is 0 Å². The van der Waals surface area contributed by atoms with E-state index >= 15 is 0 Å². The van der Waals surface area contributed by atoms with Gasteiger partial charge in [0.25, 0.3) is 0 Å². The van der Waals surface area contributed by atoms with Crippen LogP contribution in [0.25, 0.3) is 11.0 Å². The normalized spacial score (nSPS) is 10.9. The quantitative estimate of drug-likeness (QED) is 0.696. The molecule has 6 heteroatoms. The van der Waals surface area contributed by atoms with Crippen molar-refractivity contribution in [3.63, 3.8) is 0 Å². The van der Waals surface area contributed by atoms with E-state index in [-0.39, 0.29) is 0 Å². The molecule has 2 aromatic rings. The molecule has 0 aliphatic carbocycles. The van der Waals surface area contributed by atoms with Gasteiger partial charge in [-0.05, 0) is 0 Å². The Labute approximate surface area is 82.7 Å². The van der Waals surface area contributed by atoms with E-state index in [1.807, 2.05) is 0 Å². The van der Waals surface area contributed by atoms with Crippen LogP contribution in [0.5, 0.6) is 0 Å². The summed E-state index contributed by atoms with van der Waals surface area (Å²) >= 11 is 17.3. The van der Waals surface area contributed by atoms with Gasteiger partial charge in [0.05, 0.1) is 10.4 Å². The zero-order valence-corrected chi connectivity index (χ0v) is 7.87. The first kappa shape index (κ1) is 8.10. The molecule has 2 heterocycles. The Morgan fingerprint density at radius 3 is 2.58 bits per heavy atom. The Balaban J connectivity index is 2.97. The van der Waals surface area contributed by atoms with Crippen molar-refractivity contribution in [2.45, 2.75) is 0 Å². The minimum Gasteiger partial charge on any atom is -0.329 e. The summed E-state index contributed by atoms with van der Waals surface area (Å²) < 4.78 is 0. The van der Waals surface area contributed by atoms with Crippen LogP contribution in [-0.2, 0) is 0 Å². The first-order chi connectivity index (χ1) is 5.70. The summed E-state index contributed by atoms with van der Waals surface area (Å²) in [6.07, 6.45) is 1.34. The molecular weight excluding hydrogens is 220 g/mol. The molecule has 0 atom stereocenters. The lowest BCUT2D eigenvalue weighted by Gasteiger charge is -1.90. The Morgan fingerprint density at radius 2 is 1.92 bits per heavy atom. The Bertz CT molecular complexity index is 437. The summed E-state index contributed by atoms with van der Waals surface area (Å²) in [6.45, 7) is 0. The average molecular weight is 222 g/mol. The maximum Gasteiger partial charge on any atom is 0.144 e. The van der Waals surface area contributed by atoms with Gasteiger partial charge in [0.1, 0.15) is 22.3 Å². The molecule has 0 spiro atoms. The first-order valence-corrected chi connectivity index (χ1v) is 4.16. The van der Waals surface area contributed by atoms with Crippen molar-refractivity contribution >= 4 is 45.8 Å². The summed E-state index contributed by atoms with van der Waals surface area (Å²) in [7, 11) is 0. The summed E-state index contributed by atoms with van der Waals surface area (Å²) in [5, 5.41) is 1.55. The molecule has 1 N–H and O–H groups in total. The maximum absolute atomic E-state index is 5.82. The lowest BCUT2D eigenvalue weighted by molar-refractivity contribution is 1.20. The van der Waals surface area contributed by atoms with Crippen molar-refractivity contribution in [1.82, 2.24) is 15.0 Å². The minimum absolute atomic E-state index is 0.299. The minimum atomic E-state index is 0.299. The van der Waals surface area contributed by atoms with E-state index in [1.165, 1.54) is 6.33 Å². The van der Waals surface area contributed by atoms with Gasteiger partial charge in [-0.1, -0.05) is 34.8 Å². The SMILES string of the molecule is Clc1[nH]c2ncnc(Cl)c2c1Cl. The third kappa shape index (κ3) is 1.05. The summed E-state index contributed by atoms with van der Waals surface area (Å²) in [5.74, 6) is 0. The maximum atomic E-state index is 5.82. The molecule has 0 fully saturated rings. The number of fused-ring (bicyclic) bond motifs is 1.